The molecule has 0 bridgehead atoms. The lowest BCUT2D eigenvalue weighted by Crippen LogP contribution is -1.93. The zero-order valence-corrected chi connectivity index (χ0v) is 9.65. The van der Waals surface area contributed by atoms with Crippen molar-refractivity contribution in [1.82, 2.24) is 10.2 Å². The fourth-order valence-corrected chi connectivity index (χ4v) is 1.64. The zero-order valence-electron chi connectivity index (χ0n) is 9.65. The molecule has 0 atom stereocenters. The number of carbonyl (C=O) groups excluding carboxylic acids is 1. The molecule has 88 valence electrons. The van der Waals surface area contributed by atoms with Crippen LogP contribution < -0.4 is 10.5 Å². The Morgan fingerprint density at radius 1 is 1.35 bits per heavy atom. The van der Waals surface area contributed by atoms with Crippen molar-refractivity contribution in [3.63, 3.8) is 0 Å². The summed E-state index contributed by atoms with van der Waals surface area (Å²) in [5.41, 5.74) is 8.01. The molecule has 0 radical (unpaired) electrons. The lowest BCUT2D eigenvalue weighted by Gasteiger charge is -2.03. The average molecular weight is 231 g/mol. The van der Waals surface area contributed by atoms with E-state index in [1.54, 1.807) is 12.1 Å². The van der Waals surface area contributed by atoms with Crippen molar-refractivity contribution in [3.05, 3.63) is 29.8 Å². The van der Waals surface area contributed by atoms with Crippen LogP contribution in [0.1, 0.15) is 17.3 Å². The Morgan fingerprint density at radius 2 is 2.00 bits per heavy atom. The van der Waals surface area contributed by atoms with E-state index in [1.165, 1.54) is 14.0 Å². The van der Waals surface area contributed by atoms with Crippen molar-refractivity contribution >= 4 is 11.6 Å². The standard InChI is InChI=1S/C12H13N3O2/c1-7(16)8-3-5-9(6-4-8)10-11(13)14-15-12(10)17-2/h3-6H,1-2H3,(H3,13,14,15). The number of nitrogen functional groups attached to an aromatic ring is 1. The van der Waals surface area contributed by atoms with Gasteiger partial charge in [0.1, 0.15) is 5.82 Å². The maximum Gasteiger partial charge on any atom is 0.242 e. The van der Waals surface area contributed by atoms with E-state index in [4.69, 9.17) is 10.5 Å². The van der Waals surface area contributed by atoms with E-state index in [0.29, 0.717) is 22.8 Å². The summed E-state index contributed by atoms with van der Waals surface area (Å²) in [6.07, 6.45) is 0. The zero-order chi connectivity index (χ0) is 12.4. The second kappa shape index (κ2) is 4.29. The summed E-state index contributed by atoms with van der Waals surface area (Å²) in [4.78, 5) is 11.2. The number of rotatable bonds is 3. The smallest absolute Gasteiger partial charge is 0.242 e. The number of anilines is 1. The number of hydrogen-bond acceptors (Lipinski definition) is 4. The first-order chi connectivity index (χ1) is 8.13. The molecule has 0 aliphatic rings. The summed E-state index contributed by atoms with van der Waals surface area (Å²) in [6.45, 7) is 1.53. The highest BCUT2D eigenvalue weighted by Gasteiger charge is 2.13. The Hall–Kier alpha value is -2.30. The van der Waals surface area contributed by atoms with Gasteiger partial charge in [0.2, 0.25) is 5.88 Å². The summed E-state index contributed by atoms with van der Waals surface area (Å²) in [6, 6.07) is 7.15. The summed E-state index contributed by atoms with van der Waals surface area (Å²) in [5, 5.41) is 6.59. The second-order valence-corrected chi connectivity index (χ2v) is 3.66. The quantitative estimate of drug-likeness (QED) is 0.790. The number of nitrogens with zero attached hydrogens (tertiary/aromatic N) is 1. The third-order valence-electron chi connectivity index (χ3n) is 2.53. The van der Waals surface area contributed by atoms with Gasteiger partial charge in [0, 0.05) is 5.56 Å². The predicted molar refractivity (Wildman–Crippen MR) is 65.0 cm³/mol. The van der Waals surface area contributed by atoms with Gasteiger partial charge in [-0.2, -0.15) is 0 Å². The van der Waals surface area contributed by atoms with E-state index >= 15 is 0 Å². The van der Waals surface area contributed by atoms with Gasteiger partial charge in [0.15, 0.2) is 5.78 Å². The number of Topliss-reactive ketones (excluding diaryl/α,β-unsaturated/α-hetero) is 1. The minimum Gasteiger partial charge on any atom is -0.479 e. The molecule has 5 heteroatoms. The molecule has 2 rings (SSSR count). The molecule has 0 fully saturated rings. The van der Waals surface area contributed by atoms with Crippen molar-refractivity contribution < 1.29 is 9.53 Å². The molecule has 0 saturated carbocycles. The van der Waals surface area contributed by atoms with Crippen LogP contribution in [-0.4, -0.2) is 23.1 Å². The van der Waals surface area contributed by atoms with Crippen LogP contribution in [0.25, 0.3) is 11.1 Å². The van der Waals surface area contributed by atoms with E-state index < -0.39 is 0 Å². The summed E-state index contributed by atoms with van der Waals surface area (Å²) >= 11 is 0. The molecule has 0 amide bonds. The van der Waals surface area contributed by atoms with Crippen molar-refractivity contribution in [1.29, 1.82) is 0 Å². The molecule has 0 spiro atoms. The molecule has 5 nitrogen and oxygen atoms in total. The molecule has 3 N–H and O–H groups in total. The topological polar surface area (TPSA) is 81.0 Å². The van der Waals surface area contributed by atoms with Gasteiger partial charge in [-0.15, -0.1) is 5.10 Å². The van der Waals surface area contributed by atoms with Gasteiger partial charge in [-0.05, 0) is 12.5 Å². The number of ketones is 1. The van der Waals surface area contributed by atoms with Gasteiger partial charge in [-0.1, -0.05) is 24.3 Å². The summed E-state index contributed by atoms with van der Waals surface area (Å²) < 4.78 is 5.11. The van der Waals surface area contributed by atoms with E-state index in [-0.39, 0.29) is 5.78 Å². The Morgan fingerprint density at radius 3 is 2.53 bits per heavy atom. The lowest BCUT2D eigenvalue weighted by molar-refractivity contribution is 0.101. The average Bonchev–Trinajstić information content (AvgIpc) is 2.70. The number of nitrogens with two attached hydrogens (primary N) is 1. The third-order valence-corrected chi connectivity index (χ3v) is 2.53. The van der Waals surface area contributed by atoms with Crippen LogP contribution in [0.5, 0.6) is 5.88 Å². The van der Waals surface area contributed by atoms with Crippen molar-refractivity contribution in [2.45, 2.75) is 6.92 Å². The number of carbonyl (C=O) groups is 1. The number of hydrogen-bond donors (Lipinski definition) is 2. The molecule has 0 aliphatic heterocycles. The number of aromatic nitrogens is 2. The van der Waals surface area contributed by atoms with Gasteiger partial charge in [0.25, 0.3) is 0 Å². The summed E-state index contributed by atoms with van der Waals surface area (Å²) in [7, 11) is 1.53. The van der Waals surface area contributed by atoms with Crippen molar-refractivity contribution in [3.8, 4) is 17.0 Å². The van der Waals surface area contributed by atoms with Crippen LogP contribution in [0, 0.1) is 0 Å². The number of aromatic amines is 1. The van der Waals surface area contributed by atoms with Crippen LogP contribution in [-0.2, 0) is 0 Å². The second-order valence-electron chi connectivity index (χ2n) is 3.66. The number of H-pyrrole nitrogens is 1. The number of ether oxygens (including phenoxy) is 1. The Labute approximate surface area is 98.6 Å². The maximum atomic E-state index is 11.2. The molecule has 0 saturated heterocycles. The number of benzene rings is 1. The lowest BCUT2D eigenvalue weighted by atomic mass is 10.0. The van der Waals surface area contributed by atoms with Crippen LogP contribution in [0.15, 0.2) is 24.3 Å². The van der Waals surface area contributed by atoms with Gasteiger partial charge >= 0.3 is 0 Å². The largest absolute Gasteiger partial charge is 0.479 e. The first-order valence-electron chi connectivity index (χ1n) is 5.12. The summed E-state index contributed by atoms with van der Waals surface area (Å²) in [5.74, 6) is 0.916. The molecule has 2 aromatic rings. The van der Waals surface area contributed by atoms with Gasteiger partial charge in [-0.25, -0.2) is 0 Å². The van der Waals surface area contributed by atoms with Crippen LogP contribution in [0.2, 0.25) is 0 Å². The van der Waals surface area contributed by atoms with Crippen molar-refractivity contribution in [2.24, 2.45) is 0 Å². The maximum absolute atomic E-state index is 11.2. The van der Waals surface area contributed by atoms with E-state index in [0.717, 1.165) is 5.56 Å². The molecule has 1 aromatic carbocycles. The SMILES string of the molecule is COc1n[nH]c(N)c1-c1ccc(C(C)=O)cc1. The minimum absolute atomic E-state index is 0.0312. The van der Waals surface area contributed by atoms with Crippen molar-refractivity contribution in [2.75, 3.05) is 12.8 Å². The Balaban J connectivity index is 2.46. The predicted octanol–water partition coefficient (Wildman–Crippen LogP) is 1.87. The van der Waals surface area contributed by atoms with Crippen LogP contribution >= 0.6 is 0 Å². The normalized spacial score (nSPS) is 10.2. The van der Waals surface area contributed by atoms with Crippen LogP contribution in [0.4, 0.5) is 5.82 Å². The van der Waals surface area contributed by atoms with Crippen LogP contribution in [0.3, 0.4) is 0 Å². The Bertz CT molecular complexity index is 543. The first-order valence-corrected chi connectivity index (χ1v) is 5.12. The molecule has 0 unspecified atom stereocenters. The highest BCUT2D eigenvalue weighted by Crippen LogP contribution is 2.32. The number of methoxy groups -OCH3 is 1. The fourth-order valence-electron chi connectivity index (χ4n) is 1.64. The number of nitrogens with one attached hydrogen (secondary N) is 1. The minimum atomic E-state index is 0.0312. The van der Waals surface area contributed by atoms with Gasteiger partial charge < -0.3 is 10.5 Å². The van der Waals surface area contributed by atoms with Gasteiger partial charge in [-0.3, -0.25) is 9.89 Å². The molecule has 17 heavy (non-hydrogen) atoms. The monoisotopic (exact) mass is 231 g/mol. The first kappa shape index (κ1) is 11.2. The highest BCUT2D eigenvalue weighted by atomic mass is 16.5. The highest BCUT2D eigenvalue weighted by molar-refractivity contribution is 5.94. The van der Waals surface area contributed by atoms with Gasteiger partial charge in [0.05, 0.1) is 12.7 Å². The van der Waals surface area contributed by atoms with E-state index in [2.05, 4.69) is 10.2 Å². The molecular weight excluding hydrogens is 218 g/mol. The fraction of sp³-hybridized carbons (Fsp3) is 0.167. The Kier molecular flexibility index (Phi) is 2.82. The molecule has 0 aliphatic carbocycles. The van der Waals surface area contributed by atoms with E-state index in [1.807, 2.05) is 12.1 Å². The third kappa shape index (κ3) is 1.99. The molecule has 1 heterocycles. The molecule has 1 aromatic heterocycles. The molecular formula is C12H13N3O2. The van der Waals surface area contributed by atoms with E-state index in [9.17, 15) is 4.79 Å².